The second-order valence-electron chi connectivity index (χ2n) is 16.5. The van der Waals surface area contributed by atoms with Gasteiger partial charge in [0.25, 0.3) is 0 Å². The van der Waals surface area contributed by atoms with Gasteiger partial charge in [0.2, 0.25) is 0 Å². The first kappa shape index (κ1) is 38.8. The van der Waals surface area contributed by atoms with E-state index in [0.717, 1.165) is 46.5 Å². The van der Waals surface area contributed by atoms with E-state index in [9.17, 15) is 0 Å². The van der Waals surface area contributed by atoms with Crippen molar-refractivity contribution in [1.82, 2.24) is 19.3 Å². The summed E-state index contributed by atoms with van der Waals surface area (Å²) in [5.74, 6) is 4.36. The molecule has 278 valence electrons. The number of pyridine rings is 1. The molecule has 3 aromatic carbocycles. The predicted molar refractivity (Wildman–Crippen MR) is 215 cm³/mol. The summed E-state index contributed by atoms with van der Waals surface area (Å²) >= 11 is 0. The topological polar surface area (TPSA) is 44.9 Å². The molecule has 0 radical (unpaired) electrons. The monoisotopic (exact) mass is 885 g/mol. The second kappa shape index (κ2) is 15.4. The average Bonchev–Trinajstić information content (AvgIpc) is 3.59. The molecule has 3 atom stereocenters. The minimum absolute atomic E-state index is 0. The average molecular weight is 886 g/mol. The number of nitrogens with zero attached hydrogens (tertiary/aromatic N) is 4. The summed E-state index contributed by atoms with van der Waals surface area (Å²) in [5, 5.41) is 7.49. The zero-order valence-corrected chi connectivity index (χ0v) is 35.4. The third-order valence-electron chi connectivity index (χ3n) is 11.0. The van der Waals surface area contributed by atoms with Crippen molar-refractivity contribution in [3.8, 4) is 23.0 Å². The minimum atomic E-state index is -0.113. The molecule has 6 aromatic rings. The summed E-state index contributed by atoms with van der Waals surface area (Å²) in [7, 11) is 0. The van der Waals surface area contributed by atoms with Gasteiger partial charge in [0.1, 0.15) is 5.82 Å². The van der Waals surface area contributed by atoms with E-state index in [2.05, 4.69) is 151 Å². The maximum Gasteiger partial charge on any atom is 2.00 e. The van der Waals surface area contributed by atoms with Gasteiger partial charge < -0.3 is 9.30 Å². The summed E-state index contributed by atoms with van der Waals surface area (Å²) < 4.78 is 11.0. The van der Waals surface area contributed by atoms with Crippen LogP contribution in [0.25, 0.3) is 33.3 Å². The molecule has 0 N–H and O–H groups in total. The van der Waals surface area contributed by atoms with Crippen LogP contribution in [0, 0.1) is 43.7 Å². The quantitative estimate of drug-likeness (QED) is 0.107. The molecule has 1 aliphatic rings. The van der Waals surface area contributed by atoms with E-state index >= 15 is 0 Å². The molecular weight excluding hydrogens is 832 g/mol. The number of para-hydroxylation sites is 1. The molecule has 0 fully saturated rings. The van der Waals surface area contributed by atoms with Gasteiger partial charge >= 0.3 is 21.1 Å². The van der Waals surface area contributed by atoms with Gasteiger partial charge in [-0.1, -0.05) is 97.2 Å². The Morgan fingerprint density at radius 3 is 2.43 bits per heavy atom. The van der Waals surface area contributed by atoms with Gasteiger partial charge in [-0.15, -0.1) is 41.3 Å². The van der Waals surface area contributed by atoms with E-state index in [1.807, 2.05) is 12.3 Å². The van der Waals surface area contributed by atoms with E-state index in [-0.39, 0.29) is 26.5 Å². The number of ether oxygens (including phenoxy) is 1. The first-order valence-electron chi connectivity index (χ1n) is 19.3. The Bertz CT molecular complexity index is 2280. The van der Waals surface area contributed by atoms with Crippen LogP contribution in [-0.4, -0.2) is 19.3 Å². The van der Waals surface area contributed by atoms with E-state index in [1.54, 1.807) is 5.57 Å². The molecule has 3 aromatic heterocycles. The Balaban J connectivity index is 0.00000481. The number of aromatic nitrogens is 4. The summed E-state index contributed by atoms with van der Waals surface area (Å²) in [4.78, 5) is 4.84. The van der Waals surface area contributed by atoms with E-state index in [0.29, 0.717) is 35.2 Å². The first-order chi connectivity index (χ1) is 24.9. The number of benzene rings is 3. The zero-order chi connectivity index (χ0) is 36.9. The van der Waals surface area contributed by atoms with Crippen LogP contribution in [0.2, 0.25) is 0 Å². The summed E-state index contributed by atoms with van der Waals surface area (Å²) in [6.45, 7) is 22.7. The molecule has 0 aliphatic heterocycles. The number of hydrogen-bond acceptors (Lipinski definition) is 3. The van der Waals surface area contributed by atoms with E-state index in [1.165, 1.54) is 40.6 Å². The Labute approximate surface area is 331 Å². The van der Waals surface area contributed by atoms with Crippen molar-refractivity contribution in [3.63, 3.8) is 0 Å². The molecule has 53 heavy (non-hydrogen) atoms. The molecule has 0 saturated heterocycles. The molecule has 1 unspecified atom stereocenters. The van der Waals surface area contributed by atoms with E-state index < -0.39 is 0 Å². The maximum absolute atomic E-state index is 6.73. The second-order valence-corrected chi connectivity index (χ2v) is 16.5. The summed E-state index contributed by atoms with van der Waals surface area (Å²) in [6, 6.07) is 28.6. The predicted octanol–water partition coefficient (Wildman–Crippen LogP) is 12.4. The molecule has 0 spiro atoms. The fraction of sp³-hybridized carbons (Fsp3) is 0.404. The number of fused-ring (bicyclic) bond motifs is 3. The van der Waals surface area contributed by atoms with Crippen LogP contribution in [0.3, 0.4) is 0 Å². The van der Waals surface area contributed by atoms with Crippen LogP contribution in [0.4, 0.5) is 0 Å². The normalized spacial score (nSPS) is 17.7. The Morgan fingerprint density at radius 2 is 1.72 bits per heavy atom. The van der Waals surface area contributed by atoms with Gasteiger partial charge in [-0.2, -0.15) is 11.2 Å². The van der Waals surface area contributed by atoms with Crippen molar-refractivity contribution in [2.45, 2.75) is 106 Å². The molecule has 5 nitrogen and oxygen atoms in total. The van der Waals surface area contributed by atoms with Crippen LogP contribution in [-0.2, 0) is 32.9 Å². The van der Waals surface area contributed by atoms with Crippen molar-refractivity contribution in [3.05, 3.63) is 119 Å². The zero-order valence-electron chi connectivity index (χ0n) is 33.1. The Kier molecular flexibility index (Phi) is 11.3. The number of aryl methyl sites for hydroxylation is 1. The molecule has 0 bridgehead atoms. The smallest absolute Gasteiger partial charge is 0.509 e. The van der Waals surface area contributed by atoms with Gasteiger partial charge in [-0.3, -0.25) is 4.68 Å². The van der Waals surface area contributed by atoms with Crippen LogP contribution >= 0.6 is 0 Å². The van der Waals surface area contributed by atoms with Crippen LogP contribution in [0.5, 0.6) is 11.5 Å². The van der Waals surface area contributed by atoms with Crippen LogP contribution in [0.15, 0.2) is 78.5 Å². The molecule has 1 aliphatic carbocycles. The Hall–Kier alpha value is -3.95. The number of allylic oxidation sites excluding steroid dienone is 2. The fourth-order valence-corrected chi connectivity index (χ4v) is 8.56. The van der Waals surface area contributed by atoms with Gasteiger partial charge in [-0.05, 0) is 91.1 Å². The van der Waals surface area contributed by atoms with Crippen molar-refractivity contribution in [1.29, 1.82) is 0 Å². The van der Waals surface area contributed by atoms with Crippen molar-refractivity contribution < 1.29 is 25.8 Å². The summed E-state index contributed by atoms with van der Waals surface area (Å²) in [5.41, 5.74) is 10.5. The summed E-state index contributed by atoms with van der Waals surface area (Å²) in [6.07, 6.45) is 8.90. The Morgan fingerprint density at radius 1 is 0.943 bits per heavy atom. The van der Waals surface area contributed by atoms with Crippen LogP contribution in [0.1, 0.15) is 109 Å². The third kappa shape index (κ3) is 7.57. The molecule has 7 rings (SSSR count). The van der Waals surface area contributed by atoms with Gasteiger partial charge in [0.15, 0.2) is 0 Å². The minimum Gasteiger partial charge on any atom is -0.509 e. The van der Waals surface area contributed by atoms with Gasteiger partial charge in [0, 0.05) is 40.4 Å². The molecule has 0 saturated carbocycles. The third-order valence-corrected chi connectivity index (χ3v) is 11.0. The largest absolute Gasteiger partial charge is 2.00 e. The number of rotatable bonds is 9. The van der Waals surface area contributed by atoms with Crippen molar-refractivity contribution >= 4 is 21.8 Å². The molecule has 6 heteroatoms. The standard InChI is InChI=1S/C47H54N4O.Pt/c1-11-34-22-30(5)23-35(12-2)46(34)45-31(6)49-51(32(45)7)37-25-36(47(8,9)10)26-39(27-37)52-38-17-18-41-40-15-13-14-16-42(40)50(43(41)28-38)44-24-33(19-20-48-44)21-29(3)4;/h13-20,22,24-26,29-30,35,46H,11-12,21,23H2,1-10H3;/q-2;+2/t30-,35-,46?;/m0./s1. The van der Waals surface area contributed by atoms with Crippen molar-refractivity contribution in [2.75, 3.05) is 0 Å². The van der Waals surface area contributed by atoms with Gasteiger partial charge in [-0.25, -0.2) is 4.98 Å². The van der Waals surface area contributed by atoms with Crippen molar-refractivity contribution in [2.24, 2.45) is 17.8 Å². The maximum atomic E-state index is 6.73. The van der Waals surface area contributed by atoms with Gasteiger partial charge in [0.05, 0.1) is 5.69 Å². The van der Waals surface area contributed by atoms with Crippen LogP contribution < -0.4 is 4.74 Å². The van der Waals surface area contributed by atoms with E-state index in [4.69, 9.17) is 14.8 Å². The fourth-order valence-electron chi connectivity index (χ4n) is 8.56. The number of hydrogen-bond donors (Lipinski definition) is 0. The molecule has 3 heterocycles. The molecular formula is C47H54N4OPt. The SMILES string of the molecule is CCC1=C[C@H](C)C[C@H](CC)C1c1c(C)nn(-c2[c-]c(Oc3[c-]c4c(cc3)c3ccccc3n4-c3cc(CC(C)C)ccn3)cc(C(C)(C)C)c2)c1C.[Pt+2]. The molecule has 0 amide bonds. The first-order valence-corrected chi connectivity index (χ1v) is 19.3.